The number of hydrogen-bond donors (Lipinski definition) is 2. The number of sulfone groups is 1. The third kappa shape index (κ3) is 4.80. The first kappa shape index (κ1) is 16.4. The summed E-state index contributed by atoms with van der Waals surface area (Å²) in [6, 6.07) is 5.79. The quantitative estimate of drug-likeness (QED) is 0.233. The van der Waals surface area contributed by atoms with Crippen molar-refractivity contribution in [3.8, 4) is 0 Å². The summed E-state index contributed by atoms with van der Waals surface area (Å²) >= 11 is 0. The molecule has 0 saturated carbocycles. The van der Waals surface area contributed by atoms with E-state index in [0.29, 0.717) is 18.8 Å². The number of nitrogens with zero attached hydrogens (tertiary/aromatic N) is 1. The molecule has 3 N–H and O–H groups in total. The number of amidine groups is 1. The van der Waals surface area contributed by atoms with Gasteiger partial charge < -0.3 is 20.4 Å². The second-order valence-corrected chi connectivity index (χ2v) is 6.04. The van der Waals surface area contributed by atoms with E-state index in [1.165, 1.54) is 24.3 Å². The fourth-order valence-corrected chi connectivity index (χ4v) is 2.55. The summed E-state index contributed by atoms with van der Waals surface area (Å²) in [5.74, 6) is -0.184. The van der Waals surface area contributed by atoms with Crippen molar-refractivity contribution in [3.63, 3.8) is 0 Å². The van der Waals surface area contributed by atoms with Gasteiger partial charge in [0, 0.05) is 12.7 Å². The predicted molar refractivity (Wildman–Crippen MR) is 73.7 cm³/mol. The number of rotatable bonds is 8. The highest BCUT2D eigenvalue weighted by molar-refractivity contribution is 7.91. The monoisotopic (exact) mass is 302 g/mol. The zero-order valence-electron chi connectivity index (χ0n) is 11.2. The van der Waals surface area contributed by atoms with Gasteiger partial charge >= 0.3 is 0 Å². The summed E-state index contributed by atoms with van der Waals surface area (Å²) in [6.45, 7) is 0.886. The zero-order valence-corrected chi connectivity index (χ0v) is 12.0. The molecule has 0 saturated heterocycles. The minimum absolute atomic E-state index is 0.0724. The Hall–Kier alpha value is -1.64. The standard InChI is InChI=1S/C12H18N2O5S/c1-18-6-7-19-8-9-20(16,17)11-4-2-10(3-5-11)12(13)14-15/h2-5,15H,6-9H2,1H3,(H2,13,14). The van der Waals surface area contributed by atoms with Crippen LogP contribution in [0.25, 0.3) is 0 Å². The van der Waals surface area contributed by atoms with Gasteiger partial charge in [0.15, 0.2) is 15.7 Å². The molecule has 8 heteroatoms. The summed E-state index contributed by atoms with van der Waals surface area (Å²) in [5, 5.41) is 11.4. The molecule has 0 aromatic heterocycles. The smallest absolute Gasteiger partial charge is 0.180 e. The Morgan fingerprint density at radius 1 is 1.25 bits per heavy atom. The molecule has 7 nitrogen and oxygen atoms in total. The highest BCUT2D eigenvalue weighted by Gasteiger charge is 2.14. The first-order valence-electron chi connectivity index (χ1n) is 5.88. The molecule has 20 heavy (non-hydrogen) atoms. The van der Waals surface area contributed by atoms with E-state index < -0.39 is 9.84 Å². The van der Waals surface area contributed by atoms with Crippen LogP contribution >= 0.6 is 0 Å². The van der Waals surface area contributed by atoms with E-state index in [9.17, 15) is 8.42 Å². The van der Waals surface area contributed by atoms with Gasteiger partial charge in [0.05, 0.1) is 30.5 Å². The van der Waals surface area contributed by atoms with Crippen molar-refractivity contribution in [2.45, 2.75) is 4.90 Å². The van der Waals surface area contributed by atoms with Crippen LogP contribution in [0.4, 0.5) is 0 Å². The van der Waals surface area contributed by atoms with Crippen molar-refractivity contribution in [1.29, 1.82) is 0 Å². The number of oxime groups is 1. The average Bonchev–Trinajstić information content (AvgIpc) is 2.46. The number of benzene rings is 1. The van der Waals surface area contributed by atoms with Gasteiger partial charge in [-0.25, -0.2) is 8.42 Å². The van der Waals surface area contributed by atoms with E-state index in [1.54, 1.807) is 7.11 Å². The molecule has 0 atom stereocenters. The van der Waals surface area contributed by atoms with Gasteiger partial charge in [-0.1, -0.05) is 5.16 Å². The van der Waals surface area contributed by atoms with E-state index in [4.69, 9.17) is 20.4 Å². The van der Waals surface area contributed by atoms with Crippen molar-refractivity contribution < 1.29 is 23.1 Å². The van der Waals surface area contributed by atoms with Crippen LogP contribution in [0, 0.1) is 0 Å². The lowest BCUT2D eigenvalue weighted by Gasteiger charge is -2.06. The number of ether oxygens (including phenoxy) is 2. The van der Waals surface area contributed by atoms with E-state index in [2.05, 4.69) is 5.16 Å². The van der Waals surface area contributed by atoms with Crippen molar-refractivity contribution >= 4 is 15.7 Å². The van der Waals surface area contributed by atoms with E-state index >= 15 is 0 Å². The van der Waals surface area contributed by atoms with Crippen molar-refractivity contribution in [2.24, 2.45) is 10.9 Å². The van der Waals surface area contributed by atoms with E-state index in [-0.39, 0.29) is 23.1 Å². The summed E-state index contributed by atoms with van der Waals surface area (Å²) < 4.78 is 33.9. The molecule has 1 rings (SSSR count). The number of nitrogens with two attached hydrogens (primary N) is 1. The predicted octanol–water partition coefficient (Wildman–Crippen LogP) is 0.218. The van der Waals surface area contributed by atoms with Gasteiger partial charge in [-0.15, -0.1) is 0 Å². The largest absolute Gasteiger partial charge is 0.409 e. The second kappa shape index (κ2) is 7.83. The summed E-state index contributed by atoms with van der Waals surface area (Å²) in [6.07, 6.45) is 0. The van der Waals surface area contributed by atoms with Gasteiger partial charge in [0.1, 0.15) is 0 Å². The molecule has 0 unspecified atom stereocenters. The summed E-state index contributed by atoms with van der Waals surface area (Å²) in [4.78, 5) is 0.169. The Labute approximate surface area is 117 Å². The van der Waals surface area contributed by atoms with E-state index in [0.717, 1.165) is 0 Å². The SMILES string of the molecule is COCCOCCS(=O)(=O)c1ccc(/C(N)=N/O)cc1. The van der Waals surface area contributed by atoms with Gasteiger partial charge in [0.25, 0.3) is 0 Å². The van der Waals surface area contributed by atoms with Gasteiger partial charge in [0.2, 0.25) is 0 Å². The Morgan fingerprint density at radius 3 is 2.45 bits per heavy atom. The minimum Gasteiger partial charge on any atom is -0.409 e. The summed E-state index contributed by atoms with van der Waals surface area (Å²) in [7, 11) is -1.86. The number of hydrogen-bond acceptors (Lipinski definition) is 6. The molecule has 0 fully saturated rings. The molecular weight excluding hydrogens is 284 g/mol. The van der Waals surface area contributed by atoms with Crippen LogP contribution in [0.3, 0.4) is 0 Å². The van der Waals surface area contributed by atoms with Crippen molar-refractivity contribution in [1.82, 2.24) is 0 Å². The molecule has 0 spiro atoms. The Kier molecular flexibility index (Phi) is 6.43. The first-order valence-corrected chi connectivity index (χ1v) is 7.54. The van der Waals surface area contributed by atoms with Crippen molar-refractivity contribution in [3.05, 3.63) is 29.8 Å². The Bertz CT molecular complexity index is 539. The van der Waals surface area contributed by atoms with Gasteiger partial charge in [-0.3, -0.25) is 0 Å². The highest BCUT2D eigenvalue weighted by Crippen LogP contribution is 2.12. The molecule has 0 aliphatic heterocycles. The summed E-state index contributed by atoms with van der Waals surface area (Å²) in [5.41, 5.74) is 5.85. The normalized spacial score (nSPS) is 12.6. The molecule has 0 heterocycles. The molecule has 0 radical (unpaired) electrons. The fraction of sp³-hybridized carbons (Fsp3) is 0.417. The molecule has 1 aromatic rings. The van der Waals surface area contributed by atoms with Crippen LogP contribution in [0.1, 0.15) is 5.56 Å². The topological polar surface area (TPSA) is 111 Å². The van der Waals surface area contributed by atoms with Gasteiger partial charge in [-0.2, -0.15) is 0 Å². The van der Waals surface area contributed by atoms with Crippen LogP contribution in [-0.2, 0) is 19.3 Å². The fourth-order valence-electron chi connectivity index (χ4n) is 1.42. The lowest BCUT2D eigenvalue weighted by atomic mass is 10.2. The molecule has 0 aliphatic carbocycles. The maximum absolute atomic E-state index is 12.0. The van der Waals surface area contributed by atoms with E-state index in [1.807, 2.05) is 0 Å². The molecule has 112 valence electrons. The van der Waals surface area contributed by atoms with Crippen LogP contribution in [0.15, 0.2) is 34.3 Å². The average molecular weight is 302 g/mol. The Morgan fingerprint density at radius 2 is 1.90 bits per heavy atom. The van der Waals surface area contributed by atoms with Crippen molar-refractivity contribution in [2.75, 3.05) is 32.7 Å². The molecule has 1 aromatic carbocycles. The molecular formula is C12H18N2O5S. The van der Waals surface area contributed by atoms with Crippen LogP contribution < -0.4 is 5.73 Å². The van der Waals surface area contributed by atoms with Gasteiger partial charge in [-0.05, 0) is 24.3 Å². The lowest BCUT2D eigenvalue weighted by Crippen LogP contribution is -2.15. The minimum atomic E-state index is -3.41. The Balaban J connectivity index is 2.64. The lowest BCUT2D eigenvalue weighted by molar-refractivity contribution is 0.0785. The zero-order chi connectivity index (χ0) is 15.0. The third-order valence-electron chi connectivity index (χ3n) is 2.55. The molecule has 0 amide bonds. The van der Waals surface area contributed by atoms with Crippen LogP contribution in [0.5, 0.6) is 0 Å². The second-order valence-electron chi connectivity index (χ2n) is 3.93. The van der Waals surface area contributed by atoms with Crippen LogP contribution in [-0.4, -0.2) is 52.1 Å². The first-order chi connectivity index (χ1) is 9.51. The third-order valence-corrected chi connectivity index (χ3v) is 4.24. The molecule has 0 aliphatic rings. The van der Waals surface area contributed by atoms with Crippen LogP contribution in [0.2, 0.25) is 0 Å². The highest BCUT2D eigenvalue weighted by atomic mass is 32.2. The maximum Gasteiger partial charge on any atom is 0.180 e. The number of methoxy groups -OCH3 is 1. The maximum atomic E-state index is 12.0. The molecule has 0 bridgehead atoms.